The number of halogens is 1. The van der Waals surface area contributed by atoms with Crippen LogP contribution in [-0.4, -0.2) is 135 Å². The van der Waals surface area contributed by atoms with E-state index in [-0.39, 0.29) is 42.4 Å². The topological polar surface area (TPSA) is 333 Å². The predicted molar refractivity (Wildman–Crippen MR) is 193 cm³/mol. The van der Waals surface area contributed by atoms with Gasteiger partial charge < -0.3 is 47.1 Å². The van der Waals surface area contributed by atoms with E-state index >= 15 is 0 Å². The first kappa shape index (κ1) is 40.3. The maximum Gasteiger partial charge on any atom is 0.350 e. The number of aromatic hydroxyl groups is 2. The Balaban J connectivity index is 1.20. The van der Waals surface area contributed by atoms with Crippen molar-refractivity contribution in [1.29, 1.82) is 0 Å². The van der Waals surface area contributed by atoms with Crippen molar-refractivity contribution < 1.29 is 58.8 Å². The highest BCUT2D eigenvalue weighted by atomic mass is 35.5. The number of phenolic OH excluding ortho intramolecular Hbond substituents is 2. The second-order valence-electron chi connectivity index (χ2n) is 12.6. The number of carbonyl (C=O) groups is 7. The number of carboxylic acid groups (broad SMARTS) is 2. The summed E-state index contributed by atoms with van der Waals surface area (Å²) in [6.07, 6.45) is -0.843. The molecule has 3 aliphatic heterocycles. The molecule has 1 aromatic heterocycles. The van der Waals surface area contributed by atoms with E-state index in [9.17, 15) is 54.0 Å². The smallest absolute Gasteiger partial charge is 0.350 e. The van der Waals surface area contributed by atoms with Crippen LogP contribution in [0.1, 0.15) is 37.9 Å². The zero-order valence-electron chi connectivity index (χ0n) is 28.7. The maximum absolute atomic E-state index is 13.5. The van der Waals surface area contributed by atoms with Crippen LogP contribution in [0, 0.1) is 5.92 Å². The van der Waals surface area contributed by atoms with E-state index in [1.165, 1.54) is 30.2 Å². The molecule has 0 saturated carbocycles. The normalized spacial score (nSPS) is 21.3. The van der Waals surface area contributed by atoms with Gasteiger partial charge in [-0.25, -0.2) is 24.4 Å². The van der Waals surface area contributed by atoms with Crippen LogP contribution in [0.5, 0.6) is 11.5 Å². The van der Waals surface area contributed by atoms with Crippen molar-refractivity contribution in [3.8, 4) is 11.5 Å². The molecule has 0 aliphatic carbocycles. The Morgan fingerprint density at radius 3 is 2.47 bits per heavy atom. The second kappa shape index (κ2) is 15.5. The molecule has 2 aromatic rings. The Bertz CT molecular complexity index is 2040. The van der Waals surface area contributed by atoms with Crippen LogP contribution in [0.4, 0.5) is 9.93 Å². The molecule has 0 radical (unpaired) electrons. The number of phenols is 2. The number of nitrogens with one attached hydrogen (secondary N) is 2. The number of hydrogen-bond acceptors (Lipinski definition) is 17. The van der Waals surface area contributed by atoms with Crippen LogP contribution in [0.2, 0.25) is 5.02 Å². The maximum atomic E-state index is 13.5. The van der Waals surface area contributed by atoms with Gasteiger partial charge in [0.25, 0.3) is 5.91 Å². The highest BCUT2D eigenvalue weighted by Gasteiger charge is 2.66. The van der Waals surface area contributed by atoms with E-state index < -0.39 is 104 Å². The molecule has 5 rings (SSSR count). The number of hydrogen-bond donors (Lipinski definition) is 8. The summed E-state index contributed by atoms with van der Waals surface area (Å²) in [6, 6.07) is 1.37. The number of benzene rings is 1. The Labute approximate surface area is 323 Å². The molecule has 10 N–H and O–H groups in total. The van der Waals surface area contributed by atoms with E-state index in [0.717, 1.165) is 39.1 Å². The number of urea groups is 1. The molecule has 3 fully saturated rings. The van der Waals surface area contributed by atoms with Crippen LogP contribution in [0.25, 0.3) is 0 Å². The number of rotatable bonds is 15. The number of carboxylic acids is 2. The van der Waals surface area contributed by atoms with Crippen molar-refractivity contribution in [3.05, 3.63) is 33.8 Å². The fourth-order valence-electron chi connectivity index (χ4n) is 5.62. The van der Waals surface area contributed by atoms with Crippen LogP contribution >= 0.6 is 34.7 Å². The summed E-state index contributed by atoms with van der Waals surface area (Å²) in [4.78, 5) is 99.3. The number of fused-ring (bicyclic) bond motifs is 1. The molecule has 0 bridgehead atoms. The number of hydrazine groups is 1. The molecule has 22 nitrogen and oxygen atoms in total. The van der Waals surface area contributed by atoms with Gasteiger partial charge in [-0.2, -0.15) is 5.10 Å². The Morgan fingerprint density at radius 2 is 1.85 bits per heavy atom. The van der Waals surface area contributed by atoms with Gasteiger partial charge in [0.05, 0.1) is 29.4 Å². The summed E-state index contributed by atoms with van der Waals surface area (Å²) in [7, 11) is 0. The van der Waals surface area contributed by atoms with E-state index in [1.54, 1.807) is 0 Å². The van der Waals surface area contributed by atoms with Crippen molar-refractivity contribution in [1.82, 2.24) is 30.5 Å². The number of Topliss-reactive ketones (excluding diaryl/α,β-unsaturated/α-hetero) is 1. The number of aromatic nitrogens is 1. The quantitative estimate of drug-likeness (QED) is 0.0361. The SMILES string of the molecule is CC(C)(O/N=C(\C(=O)CC1C(=O)N2C[C@@](C(=O)O)(N3CCN(NC(=O)CCNC(=O)/C(=N\N)c4ccc(O)c(O)c4Cl)C3=O)S[C@H]12)c1csc(N)n1)C(=O)O. The molecule has 4 heterocycles. The molecule has 55 heavy (non-hydrogen) atoms. The highest BCUT2D eigenvalue weighted by molar-refractivity contribution is 8.02. The number of hydrazone groups is 1. The lowest BCUT2D eigenvalue weighted by molar-refractivity contribution is -0.161. The predicted octanol–water partition coefficient (Wildman–Crippen LogP) is -0.717. The molecule has 294 valence electrons. The Hall–Kier alpha value is -5.88. The van der Waals surface area contributed by atoms with Crippen molar-refractivity contribution in [2.24, 2.45) is 22.0 Å². The van der Waals surface area contributed by atoms with Gasteiger partial charge in [0.15, 0.2) is 33.8 Å². The number of ketones is 1. The number of thiazole rings is 1. The lowest BCUT2D eigenvalue weighted by Crippen LogP contribution is -2.60. The largest absolute Gasteiger partial charge is 0.504 e. The minimum atomic E-state index is -1.99. The summed E-state index contributed by atoms with van der Waals surface area (Å²) in [6.45, 7) is 1.41. The fourth-order valence-corrected chi connectivity index (χ4v) is 8.11. The van der Waals surface area contributed by atoms with Gasteiger partial charge in [0.2, 0.25) is 22.3 Å². The molecular weight excluding hydrogens is 792 g/mol. The van der Waals surface area contributed by atoms with E-state index in [2.05, 4.69) is 26.0 Å². The van der Waals surface area contributed by atoms with Crippen molar-refractivity contribution in [2.45, 2.75) is 42.5 Å². The number of amides is 5. The fraction of sp³-hybridized carbons (Fsp3) is 0.400. The summed E-state index contributed by atoms with van der Waals surface area (Å²) < 4.78 is 0. The monoisotopic (exact) mass is 824 g/mol. The van der Waals surface area contributed by atoms with Crippen LogP contribution < -0.4 is 22.3 Å². The minimum Gasteiger partial charge on any atom is -0.504 e. The zero-order valence-corrected chi connectivity index (χ0v) is 31.1. The number of oxime groups is 1. The lowest BCUT2D eigenvalue weighted by Gasteiger charge is -2.40. The van der Waals surface area contributed by atoms with Crippen LogP contribution in [0.15, 0.2) is 27.8 Å². The minimum absolute atomic E-state index is 0.0160. The number of anilines is 1. The first-order valence-electron chi connectivity index (χ1n) is 15.9. The van der Waals surface area contributed by atoms with E-state index in [0.29, 0.717) is 0 Å². The number of β-lactam (4-membered cyclic amide) rings is 1. The number of carbonyl (C=O) groups excluding carboxylic acids is 5. The number of thioether (sulfide) groups is 1. The van der Waals surface area contributed by atoms with Gasteiger partial charge in [0, 0.05) is 36.9 Å². The standard InChI is InChI=1S/C30H33ClN10O12S2/c1-29(2,25(48)49)53-38-20(14-10-54-27(32)35-14)16(43)9-13-23(47)39-11-30(26(50)51,55-24(13)39)40-7-8-41(28(40)52)37-17(44)5-6-34-22(46)19(36-33)12-3-4-15(42)21(45)18(12)31/h3-4,10,13,24,42,45H,5-9,11,33H2,1-2H3,(H2,32,35)(H,34,46)(H,37,44)(H,48,49)(H,50,51)/b36-19-,38-20-/t13?,24-,30-/m1/s1. The summed E-state index contributed by atoms with van der Waals surface area (Å²) in [5.74, 6) is -2.72. The summed E-state index contributed by atoms with van der Waals surface area (Å²) in [5.41, 5.74) is 5.32. The van der Waals surface area contributed by atoms with Crippen LogP contribution in [0.3, 0.4) is 0 Å². The number of aliphatic carboxylic acids is 2. The molecule has 1 aromatic carbocycles. The lowest BCUT2D eigenvalue weighted by atomic mass is 9.90. The zero-order chi connectivity index (χ0) is 40.6. The van der Waals surface area contributed by atoms with E-state index in [1.807, 2.05) is 0 Å². The third kappa shape index (κ3) is 7.72. The number of nitrogens with two attached hydrogens (primary N) is 2. The number of nitrogens with zero attached hydrogens (tertiary/aromatic N) is 6. The van der Waals surface area contributed by atoms with Gasteiger partial charge in [-0.05, 0) is 26.0 Å². The third-order valence-electron chi connectivity index (χ3n) is 8.64. The number of nitrogen functional groups attached to an aromatic ring is 1. The van der Waals surface area contributed by atoms with Crippen LogP contribution in [-0.2, 0) is 33.6 Å². The molecule has 3 aliphatic rings. The first-order valence-corrected chi connectivity index (χ1v) is 18.1. The summed E-state index contributed by atoms with van der Waals surface area (Å²) in [5, 5.41) is 49.9. The van der Waals surface area contributed by atoms with Gasteiger partial charge in [-0.15, -0.1) is 11.3 Å². The average molecular weight is 825 g/mol. The second-order valence-corrected chi connectivity index (χ2v) is 15.3. The Morgan fingerprint density at radius 1 is 1.15 bits per heavy atom. The molecule has 25 heteroatoms. The van der Waals surface area contributed by atoms with Gasteiger partial charge >= 0.3 is 18.0 Å². The van der Waals surface area contributed by atoms with E-state index in [4.69, 9.17) is 28.0 Å². The van der Waals surface area contributed by atoms with Crippen molar-refractivity contribution in [2.75, 3.05) is 31.9 Å². The molecule has 5 amide bonds. The molecule has 1 unspecified atom stereocenters. The van der Waals surface area contributed by atoms with Gasteiger partial charge in [-0.1, -0.05) is 28.5 Å². The molecular formula is C30H33ClN10O12S2. The van der Waals surface area contributed by atoms with Gasteiger partial charge in [-0.3, -0.25) is 29.5 Å². The van der Waals surface area contributed by atoms with Gasteiger partial charge in [0.1, 0.15) is 5.69 Å². The molecule has 3 atom stereocenters. The Kier molecular flexibility index (Phi) is 11.3. The molecule has 3 saturated heterocycles. The molecule has 0 spiro atoms. The summed E-state index contributed by atoms with van der Waals surface area (Å²) >= 11 is 7.74. The average Bonchev–Trinajstić information content (AvgIpc) is 3.83. The van der Waals surface area contributed by atoms with Crippen molar-refractivity contribution >= 4 is 92.7 Å². The third-order valence-corrected chi connectivity index (χ3v) is 11.4. The highest BCUT2D eigenvalue weighted by Crippen LogP contribution is 2.53. The first-order chi connectivity index (χ1) is 25.8. The van der Waals surface area contributed by atoms with Crippen molar-refractivity contribution in [3.63, 3.8) is 0 Å².